The van der Waals surface area contributed by atoms with Gasteiger partial charge in [0.25, 0.3) is 0 Å². The summed E-state index contributed by atoms with van der Waals surface area (Å²) >= 11 is -0.250. The molecule has 3 nitrogen and oxygen atoms in total. The van der Waals surface area contributed by atoms with Crippen molar-refractivity contribution in [2.75, 3.05) is 0 Å². The molecule has 0 radical (unpaired) electrons. The molecule has 1 unspecified atom stereocenters. The fourth-order valence-corrected chi connectivity index (χ4v) is 6.06. The summed E-state index contributed by atoms with van der Waals surface area (Å²) in [5.41, 5.74) is 5.77. The van der Waals surface area contributed by atoms with Crippen LogP contribution in [0, 0.1) is 31.0 Å². The Hall–Kier alpha value is -3.37. The van der Waals surface area contributed by atoms with E-state index in [0.29, 0.717) is 37.5 Å². The van der Waals surface area contributed by atoms with Crippen LogP contribution >= 0.6 is 11.3 Å². The fraction of sp³-hybridized carbons (Fsp3) is 0.0741. The Morgan fingerprint density at radius 3 is 2.48 bits per heavy atom. The summed E-state index contributed by atoms with van der Waals surface area (Å²) in [5, 5.41) is 12.2. The third-order valence-corrected chi connectivity index (χ3v) is 7.81. The molecule has 1 atom stereocenters. The number of hydrogen-bond donors (Lipinski definition) is 0. The molecular formula is C27H19FN2OS2. The number of hydrogen-bond acceptors (Lipinski definition) is 3. The molecule has 5 rings (SSSR count). The summed E-state index contributed by atoms with van der Waals surface area (Å²) in [4.78, 5) is 1.18. The molecule has 0 saturated heterocycles. The van der Waals surface area contributed by atoms with Crippen LogP contribution in [0.25, 0.3) is 33.3 Å². The highest BCUT2D eigenvalue weighted by Gasteiger charge is 2.29. The summed E-state index contributed by atoms with van der Waals surface area (Å²) in [6.45, 7) is 3.98. The van der Waals surface area contributed by atoms with Crippen LogP contribution in [-0.2, 0) is 11.4 Å². The number of benzene rings is 3. The maximum Gasteiger partial charge on any atom is 0.180 e. The fourth-order valence-electron chi connectivity index (χ4n) is 4.09. The highest BCUT2D eigenvalue weighted by molar-refractivity contribution is 7.90. The van der Waals surface area contributed by atoms with E-state index in [0.717, 1.165) is 16.7 Å². The number of fused-ring (bicyclic) bond motifs is 1. The minimum atomic E-state index is -1.59. The van der Waals surface area contributed by atoms with Gasteiger partial charge in [0.15, 0.2) is 4.90 Å². The van der Waals surface area contributed by atoms with Gasteiger partial charge in [-0.3, -0.25) is 0 Å². The number of nitrogens with zero attached hydrogens (tertiary/aromatic N) is 2. The van der Waals surface area contributed by atoms with Crippen molar-refractivity contribution < 1.29 is 8.94 Å². The molecule has 0 bridgehead atoms. The number of nitriles is 1. The van der Waals surface area contributed by atoms with Crippen molar-refractivity contribution in [2.24, 2.45) is 0 Å². The normalized spacial score (nSPS) is 12.1. The molecule has 6 heteroatoms. The minimum Gasteiger partial charge on any atom is -0.587 e. The van der Waals surface area contributed by atoms with E-state index in [9.17, 15) is 14.2 Å². The first kappa shape index (κ1) is 21.5. The zero-order valence-corrected chi connectivity index (χ0v) is 19.6. The largest absolute Gasteiger partial charge is 0.587 e. The van der Waals surface area contributed by atoms with Crippen LogP contribution in [-0.4, -0.2) is 8.53 Å². The van der Waals surface area contributed by atoms with E-state index < -0.39 is 11.4 Å². The van der Waals surface area contributed by atoms with Gasteiger partial charge in [-0.1, -0.05) is 41.5 Å². The van der Waals surface area contributed by atoms with E-state index in [2.05, 4.69) is 6.07 Å². The Kier molecular flexibility index (Phi) is 5.55. The van der Waals surface area contributed by atoms with Crippen LogP contribution in [0.4, 0.5) is 4.39 Å². The van der Waals surface area contributed by atoms with Crippen LogP contribution < -0.4 is 0 Å². The molecule has 5 aromatic rings. The SMILES string of the molecule is Cc1ccc([S+]([O-])n2c(-c3cccc(C)c3)c(-c3ccsc3C#N)c3cc(F)ccc32)cc1. The van der Waals surface area contributed by atoms with Crippen molar-refractivity contribution in [3.05, 3.63) is 100.0 Å². The highest BCUT2D eigenvalue weighted by Crippen LogP contribution is 2.45. The lowest BCUT2D eigenvalue weighted by Gasteiger charge is -2.16. The lowest BCUT2D eigenvalue weighted by Crippen LogP contribution is -2.14. The van der Waals surface area contributed by atoms with E-state index in [1.807, 2.05) is 73.8 Å². The number of thiophene rings is 1. The summed E-state index contributed by atoms with van der Waals surface area (Å²) in [6.07, 6.45) is 0. The first-order valence-corrected chi connectivity index (χ1v) is 12.3. The topological polar surface area (TPSA) is 51.8 Å². The minimum absolute atomic E-state index is 0.383. The van der Waals surface area contributed by atoms with E-state index in [4.69, 9.17) is 0 Å². The van der Waals surface area contributed by atoms with Crippen molar-refractivity contribution in [1.29, 1.82) is 5.26 Å². The molecule has 33 heavy (non-hydrogen) atoms. The Morgan fingerprint density at radius 1 is 0.970 bits per heavy atom. The van der Waals surface area contributed by atoms with Crippen molar-refractivity contribution in [2.45, 2.75) is 18.7 Å². The first-order chi connectivity index (χ1) is 16.0. The molecule has 0 amide bonds. The quantitative estimate of drug-likeness (QED) is 0.260. The second-order valence-electron chi connectivity index (χ2n) is 7.89. The van der Waals surface area contributed by atoms with Gasteiger partial charge in [-0.15, -0.1) is 11.3 Å². The summed E-state index contributed by atoms with van der Waals surface area (Å²) in [7, 11) is 0. The Bertz CT molecular complexity index is 1530. The van der Waals surface area contributed by atoms with Gasteiger partial charge in [-0.05, 0) is 61.7 Å². The molecule has 3 aromatic carbocycles. The zero-order valence-electron chi connectivity index (χ0n) is 18.0. The molecule has 0 fully saturated rings. The number of rotatable bonds is 4. The molecule has 2 aromatic heterocycles. The smallest absolute Gasteiger partial charge is 0.180 e. The third-order valence-electron chi connectivity index (χ3n) is 5.60. The first-order valence-electron chi connectivity index (χ1n) is 10.4. The molecule has 0 N–H and O–H groups in total. The molecule has 0 saturated carbocycles. The van der Waals surface area contributed by atoms with Crippen molar-refractivity contribution in [3.8, 4) is 28.5 Å². The summed E-state index contributed by atoms with van der Waals surface area (Å²) in [5.74, 6) is -0.383. The average Bonchev–Trinajstić information content (AvgIpc) is 3.40. The van der Waals surface area contributed by atoms with Gasteiger partial charge in [-0.25, -0.2) is 4.39 Å². The van der Waals surface area contributed by atoms with E-state index in [1.54, 1.807) is 10.0 Å². The predicted molar refractivity (Wildman–Crippen MR) is 133 cm³/mol. The number of aryl methyl sites for hydroxylation is 2. The second kappa shape index (κ2) is 8.53. The van der Waals surface area contributed by atoms with Gasteiger partial charge >= 0.3 is 0 Å². The lowest BCUT2D eigenvalue weighted by molar-refractivity contribution is 0.588. The van der Waals surface area contributed by atoms with Crippen LogP contribution in [0.2, 0.25) is 0 Å². The molecule has 2 heterocycles. The Labute approximate surface area is 198 Å². The van der Waals surface area contributed by atoms with Crippen LogP contribution in [0.3, 0.4) is 0 Å². The lowest BCUT2D eigenvalue weighted by atomic mass is 9.98. The maximum absolute atomic E-state index is 14.5. The van der Waals surface area contributed by atoms with E-state index >= 15 is 0 Å². The zero-order chi connectivity index (χ0) is 23.1. The molecule has 162 valence electrons. The number of halogens is 1. The molecule has 0 aliphatic heterocycles. The Morgan fingerprint density at radius 2 is 1.76 bits per heavy atom. The van der Waals surface area contributed by atoms with Gasteiger partial charge in [-0.2, -0.15) is 9.23 Å². The van der Waals surface area contributed by atoms with Crippen molar-refractivity contribution >= 4 is 33.6 Å². The predicted octanol–water partition coefficient (Wildman–Crippen LogP) is 7.24. The third kappa shape index (κ3) is 3.75. The van der Waals surface area contributed by atoms with Gasteiger partial charge in [0.05, 0.1) is 5.52 Å². The van der Waals surface area contributed by atoms with Gasteiger partial charge in [0.1, 0.15) is 33.8 Å². The van der Waals surface area contributed by atoms with E-state index in [1.165, 1.54) is 23.5 Å². The van der Waals surface area contributed by atoms with Gasteiger partial charge in [0.2, 0.25) is 0 Å². The maximum atomic E-state index is 14.5. The summed E-state index contributed by atoms with van der Waals surface area (Å²) < 4.78 is 30.2. The highest BCUT2D eigenvalue weighted by atomic mass is 32.2. The van der Waals surface area contributed by atoms with Gasteiger partial charge < -0.3 is 4.55 Å². The standard InChI is InChI=1S/C27H19FN2OS2/c1-17-6-9-21(10-7-17)33(31)30-24-11-8-20(28)15-23(24)26(22-12-13-32-25(22)16-29)27(30)19-5-3-4-18(2)14-19/h3-15H,1-2H3. The molecule has 0 spiro atoms. The summed E-state index contributed by atoms with van der Waals surface area (Å²) in [6, 6.07) is 24.1. The molecule has 0 aliphatic rings. The van der Waals surface area contributed by atoms with Crippen LogP contribution in [0.1, 0.15) is 16.0 Å². The second-order valence-corrected chi connectivity index (χ2v) is 10.1. The van der Waals surface area contributed by atoms with Crippen LogP contribution in [0.5, 0.6) is 0 Å². The Balaban J connectivity index is 1.93. The van der Waals surface area contributed by atoms with Crippen molar-refractivity contribution in [3.63, 3.8) is 0 Å². The monoisotopic (exact) mass is 470 g/mol. The average molecular weight is 471 g/mol. The van der Waals surface area contributed by atoms with E-state index in [-0.39, 0.29) is 5.82 Å². The molecular weight excluding hydrogens is 451 g/mol. The van der Waals surface area contributed by atoms with Crippen molar-refractivity contribution in [1.82, 2.24) is 3.97 Å². The van der Waals surface area contributed by atoms with Crippen LogP contribution in [0.15, 0.2) is 83.1 Å². The van der Waals surface area contributed by atoms with Gasteiger partial charge in [0, 0.05) is 22.1 Å². The number of aromatic nitrogens is 1. The molecule has 0 aliphatic carbocycles.